The second kappa shape index (κ2) is 15.1. The maximum absolute atomic E-state index is 13.5. The second-order valence-electron chi connectivity index (χ2n) is 10.6. The number of nitrogens with one attached hydrogen (secondary N) is 2. The number of sulfonamides is 1. The zero-order chi connectivity index (χ0) is 31.8. The number of carbonyl (C=O) groups excluding carboxylic acids is 1. The smallest absolute Gasteiger partial charge is 0.257 e. The predicted molar refractivity (Wildman–Crippen MR) is 185 cm³/mol. The number of thiocarbonyl (C=S) groups is 1. The number of rotatable bonds is 10. The van der Waals surface area contributed by atoms with Crippen LogP contribution in [0.3, 0.4) is 0 Å². The fourth-order valence-corrected chi connectivity index (χ4v) is 7.38. The Hall–Kier alpha value is -3.61. The van der Waals surface area contributed by atoms with Gasteiger partial charge in [-0.1, -0.05) is 67.6 Å². The SMILES string of the molecule is CCCOc1ccc(C(=O)NC(=S)Nc2ccc(S(=O)(=O)N3CCN(C(c4ccccc4)c4ccccc4)CC3)cc2)cc1Br. The molecule has 234 valence electrons. The van der Waals surface area contributed by atoms with Crippen LogP contribution in [0.5, 0.6) is 5.75 Å². The monoisotopic (exact) mass is 706 g/mol. The Labute approximate surface area is 278 Å². The molecule has 4 aromatic rings. The van der Waals surface area contributed by atoms with Crippen molar-refractivity contribution in [3.05, 3.63) is 124 Å². The molecule has 0 atom stereocenters. The molecule has 5 rings (SSSR count). The molecule has 11 heteroatoms. The minimum Gasteiger partial charge on any atom is -0.492 e. The van der Waals surface area contributed by atoms with E-state index in [1.54, 1.807) is 46.8 Å². The summed E-state index contributed by atoms with van der Waals surface area (Å²) < 4.78 is 34.9. The van der Waals surface area contributed by atoms with Crippen molar-refractivity contribution in [2.75, 3.05) is 38.1 Å². The molecule has 0 saturated carbocycles. The Bertz CT molecular complexity index is 1680. The van der Waals surface area contributed by atoms with E-state index in [2.05, 4.69) is 55.7 Å². The van der Waals surface area contributed by atoms with Gasteiger partial charge in [-0.15, -0.1) is 0 Å². The highest BCUT2D eigenvalue weighted by molar-refractivity contribution is 9.10. The molecule has 0 radical (unpaired) electrons. The third-order valence-electron chi connectivity index (χ3n) is 7.50. The maximum Gasteiger partial charge on any atom is 0.257 e. The normalized spacial score (nSPS) is 14.2. The Morgan fingerprint density at radius 2 is 1.49 bits per heavy atom. The van der Waals surface area contributed by atoms with E-state index in [1.807, 2.05) is 43.3 Å². The lowest BCUT2D eigenvalue weighted by atomic mass is 9.96. The fourth-order valence-electron chi connectivity index (χ4n) is 5.25. The van der Waals surface area contributed by atoms with Crippen LogP contribution in [0.4, 0.5) is 5.69 Å². The van der Waals surface area contributed by atoms with Gasteiger partial charge < -0.3 is 10.1 Å². The van der Waals surface area contributed by atoms with Crippen molar-refractivity contribution < 1.29 is 17.9 Å². The third-order valence-corrected chi connectivity index (χ3v) is 10.2. The summed E-state index contributed by atoms with van der Waals surface area (Å²) >= 11 is 8.77. The van der Waals surface area contributed by atoms with Crippen LogP contribution in [-0.2, 0) is 10.0 Å². The first kappa shape index (κ1) is 32.8. The second-order valence-corrected chi connectivity index (χ2v) is 13.8. The van der Waals surface area contributed by atoms with Crippen molar-refractivity contribution >= 4 is 54.9 Å². The highest BCUT2D eigenvalue weighted by Crippen LogP contribution is 2.31. The van der Waals surface area contributed by atoms with E-state index in [4.69, 9.17) is 17.0 Å². The highest BCUT2D eigenvalue weighted by Gasteiger charge is 2.32. The van der Waals surface area contributed by atoms with E-state index in [9.17, 15) is 13.2 Å². The van der Waals surface area contributed by atoms with E-state index in [0.29, 0.717) is 54.3 Å². The van der Waals surface area contributed by atoms with Gasteiger partial charge in [0.25, 0.3) is 5.91 Å². The summed E-state index contributed by atoms with van der Waals surface area (Å²) in [6.07, 6.45) is 0.878. The van der Waals surface area contributed by atoms with Crippen LogP contribution in [0.1, 0.15) is 40.9 Å². The molecule has 8 nitrogen and oxygen atoms in total. The van der Waals surface area contributed by atoms with E-state index in [0.717, 1.165) is 6.42 Å². The summed E-state index contributed by atoms with van der Waals surface area (Å²) in [6, 6.07) is 32.1. The Balaban J connectivity index is 1.18. The molecule has 1 heterocycles. The summed E-state index contributed by atoms with van der Waals surface area (Å²) in [4.78, 5) is 15.3. The van der Waals surface area contributed by atoms with E-state index >= 15 is 0 Å². The number of ether oxygens (including phenoxy) is 1. The van der Waals surface area contributed by atoms with E-state index < -0.39 is 10.0 Å². The number of amides is 1. The minimum absolute atomic E-state index is 0.0487. The van der Waals surface area contributed by atoms with Crippen LogP contribution in [0, 0.1) is 0 Å². The average Bonchev–Trinajstić information content (AvgIpc) is 3.06. The van der Waals surface area contributed by atoms with E-state index in [-0.39, 0.29) is 22.0 Å². The van der Waals surface area contributed by atoms with Crippen LogP contribution >= 0.6 is 28.1 Å². The van der Waals surface area contributed by atoms with Gasteiger partial charge in [0, 0.05) is 37.4 Å². The van der Waals surface area contributed by atoms with Crippen molar-refractivity contribution in [1.82, 2.24) is 14.5 Å². The first-order valence-electron chi connectivity index (χ1n) is 14.7. The lowest BCUT2D eigenvalue weighted by Gasteiger charge is -2.39. The van der Waals surface area contributed by atoms with Gasteiger partial charge in [0.2, 0.25) is 10.0 Å². The molecule has 0 aromatic heterocycles. The quantitative estimate of drug-likeness (QED) is 0.183. The summed E-state index contributed by atoms with van der Waals surface area (Å²) in [5, 5.41) is 5.71. The van der Waals surface area contributed by atoms with Crippen molar-refractivity contribution in [2.24, 2.45) is 0 Å². The molecule has 0 spiro atoms. The zero-order valence-corrected chi connectivity index (χ0v) is 28.1. The van der Waals surface area contributed by atoms with Gasteiger partial charge in [-0.05, 0) is 88.2 Å². The van der Waals surface area contributed by atoms with Crippen LogP contribution < -0.4 is 15.4 Å². The molecular formula is C34H35BrN4O4S2. The number of hydrogen-bond donors (Lipinski definition) is 2. The Morgan fingerprint density at radius 3 is 2.04 bits per heavy atom. The molecular weight excluding hydrogens is 672 g/mol. The minimum atomic E-state index is -3.69. The van der Waals surface area contributed by atoms with Crippen LogP contribution in [0.15, 0.2) is 112 Å². The summed E-state index contributed by atoms with van der Waals surface area (Å²) in [5.41, 5.74) is 3.33. The molecule has 1 amide bonds. The zero-order valence-electron chi connectivity index (χ0n) is 24.9. The Morgan fingerprint density at radius 1 is 0.889 bits per heavy atom. The molecule has 0 bridgehead atoms. The molecule has 0 unspecified atom stereocenters. The van der Waals surface area contributed by atoms with Gasteiger partial charge in [0.15, 0.2) is 5.11 Å². The van der Waals surface area contributed by atoms with Crippen molar-refractivity contribution in [2.45, 2.75) is 24.3 Å². The first-order chi connectivity index (χ1) is 21.8. The molecule has 4 aromatic carbocycles. The topological polar surface area (TPSA) is 91.0 Å². The van der Waals surface area contributed by atoms with Gasteiger partial charge in [0.1, 0.15) is 5.75 Å². The molecule has 1 saturated heterocycles. The number of piperazine rings is 1. The van der Waals surface area contributed by atoms with Crippen LogP contribution in [0.25, 0.3) is 0 Å². The highest BCUT2D eigenvalue weighted by atomic mass is 79.9. The van der Waals surface area contributed by atoms with Gasteiger partial charge in [-0.3, -0.25) is 15.0 Å². The number of halogens is 1. The van der Waals surface area contributed by atoms with Crippen molar-refractivity contribution in [1.29, 1.82) is 0 Å². The van der Waals surface area contributed by atoms with E-state index in [1.165, 1.54) is 11.1 Å². The molecule has 0 aliphatic carbocycles. The first-order valence-corrected chi connectivity index (χ1v) is 17.4. The predicted octanol–water partition coefficient (Wildman–Crippen LogP) is 6.46. The number of benzene rings is 4. The number of carbonyl (C=O) groups is 1. The average molecular weight is 708 g/mol. The summed E-state index contributed by atoms with van der Waals surface area (Å²) in [6.45, 7) is 4.58. The van der Waals surface area contributed by atoms with Gasteiger partial charge >= 0.3 is 0 Å². The molecule has 1 aliphatic heterocycles. The molecule has 1 aliphatic rings. The lowest BCUT2D eigenvalue weighted by molar-refractivity contribution is 0.0977. The van der Waals surface area contributed by atoms with Crippen LogP contribution in [-0.4, -0.2) is 61.4 Å². The van der Waals surface area contributed by atoms with Crippen molar-refractivity contribution in [3.63, 3.8) is 0 Å². The lowest BCUT2D eigenvalue weighted by Crippen LogP contribution is -2.49. The number of hydrogen-bond acceptors (Lipinski definition) is 6. The summed E-state index contributed by atoms with van der Waals surface area (Å²) in [7, 11) is -3.69. The third kappa shape index (κ3) is 8.16. The maximum atomic E-state index is 13.5. The fraction of sp³-hybridized carbons (Fsp3) is 0.235. The van der Waals surface area contributed by atoms with Gasteiger partial charge in [0.05, 0.1) is 22.0 Å². The Kier molecular flexibility index (Phi) is 11.0. The van der Waals surface area contributed by atoms with Gasteiger partial charge in [-0.25, -0.2) is 8.42 Å². The largest absolute Gasteiger partial charge is 0.492 e. The standard InChI is InChI=1S/C34H35BrN4O4S2/c1-2-23-43-31-18-13-27(24-30(31)35)33(40)37-34(44)36-28-14-16-29(17-15-28)45(41,42)39-21-19-38(20-22-39)32(25-9-5-3-6-10-25)26-11-7-4-8-12-26/h3-18,24,32H,2,19-23H2,1H3,(H2,36,37,40,44). The molecule has 2 N–H and O–H groups in total. The van der Waals surface area contributed by atoms with Crippen molar-refractivity contribution in [3.8, 4) is 5.75 Å². The van der Waals surface area contributed by atoms with Gasteiger partial charge in [-0.2, -0.15) is 4.31 Å². The molecule has 45 heavy (non-hydrogen) atoms. The molecule has 1 fully saturated rings. The number of anilines is 1. The summed E-state index contributed by atoms with van der Waals surface area (Å²) in [5.74, 6) is 0.282. The van der Waals surface area contributed by atoms with Crippen LogP contribution in [0.2, 0.25) is 0 Å². The number of nitrogens with zero attached hydrogens (tertiary/aromatic N) is 2.